The maximum absolute atomic E-state index is 10.6. The quantitative estimate of drug-likeness (QED) is 0.470. The smallest absolute Gasteiger partial charge is 0.229 e. The predicted octanol–water partition coefficient (Wildman–Crippen LogP) is 4.37. The first-order valence-corrected chi connectivity index (χ1v) is 10.8. The highest BCUT2D eigenvalue weighted by atomic mass is 16.5. The highest BCUT2D eigenvalue weighted by Crippen LogP contribution is 2.24. The standard InChI is InChI=1S/C16H19N3O3.C8H8N2/c1-11-5-6-12(8-14(11)17-10-20)16-18-15(22-19-16)9-13-4-2-3-7-21-13;1-7-6-9-8-4-2-3-5-10(7)8/h5-6,8,10,13H,2-4,7,9H2,1H3,(H,17,20);2-6H,1H3. The number of hydrogen-bond donors (Lipinski definition) is 1. The number of anilines is 1. The lowest BCUT2D eigenvalue weighted by molar-refractivity contribution is -0.105. The normalized spacial score (nSPS) is 15.8. The molecule has 4 aromatic rings. The zero-order valence-corrected chi connectivity index (χ0v) is 18.3. The molecule has 1 aliphatic rings. The van der Waals surface area contributed by atoms with Gasteiger partial charge < -0.3 is 19.0 Å². The number of ether oxygens (including phenoxy) is 1. The third-order valence-corrected chi connectivity index (χ3v) is 5.46. The molecule has 166 valence electrons. The number of nitrogens with zero attached hydrogens (tertiary/aromatic N) is 4. The van der Waals surface area contributed by atoms with Crippen molar-refractivity contribution in [3.63, 3.8) is 0 Å². The molecule has 1 unspecified atom stereocenters. The van der Waals surface area contributed by atoms with Crippen LogP contribution in [0.4, 0.5) is 5.69 Å². The second kappa shape index (κ2) is 10.2. The molecule has 1 atom stereocenters. The van der Waals surface area contributed by atoms with Gasteiger partial charge in [0.25, 0.3) is 0 Å². The molecule has 4 heterocycles. The van der Waals surface area contributed by atoms with E-state index in [0.717, 1.165) is 41.9 Å². The number of amides is 1. The van der Waals surface area contributed by atoms with Gasteiger partial charge in [0, 0.05) is 35.9 Å². The number of aryl methyl sites for hydroxylation is 2. The molecule has 1 N–H and O–H groups in total. The summed E-state index contributed by atoms with van der Waals surface area (Å²) in [6.07, 6.45) is 8.72. The molecule has 0 aliphatic carbocycles. The van der Waals surface area contributed by atoms with Gasteiger partial charge in [-0.2, -0.15) is 4.98 Å². The molecule has 0 bridgehead atoms. The molecule has 1 fully saturated rings. The van der Waals surface area contributed by atoms with Gasteiger partial charge in [-0.1, -0.05) is 23.4 Å². The summed E-state index contributed by atoms with van der Waals surface area (Å²) in [5.41, 5.74) is 4.73. The van der Waals surface area contributed by atoms with E-state index in [1.807, 2.05) is 62.6 Å². The Hall–Kier alpha value is -3.52. The predicted molar refractivity (Wildman–Crippen MR) is 121 cm³/mol. The molecule has 1 aromatic carbocycles. The fourth-order valence-electron chi connectivity index (χ4n) is 3.66. The van der Waals surface area contributed by atoms with Crippen molar-refractivity contribution in [3.05, 3.63) is 65.9 Å². The molecule has 3 aromatic heterocycles. The van der Waals surface area contributed by atoms with Crippen LogP contribution in [-0.2, 0) is 16.0 Å². The van der Waals surface area contributed by atoms with E-state index in [-0.39, 0.29) is 6.10 Å². The van der Waals surface area contributed by atoms with E-state index in [1.165, 1.54) is 12.1 Å². The van der Waals surface area contributed by atoms with Gasteiger partial charge in [-0.05, 0) is 56.9 Å². The Morgan fingerprint density at radius 1 is 1.22 bits per heavy atom. The average molecular weight is 434 g/mol. The van der Waals surface area contributed by atoms with Crippen LogP contribution in [0.3, 0.4) is 0 Å². The van der Waals surface area contributed by atoms with Crippen LogP contribution < -0.4 is 5.32 Å². The van der Waals surface area contributed by atoms with Gasteiger partial charge in [0.2, 0.25) is 18.1 Å². The van der Waals surface area contributed by atoms with E-state index in [9.17, 15) is 4.79 Å². The minimum atomic E-state index is 0.173. The van der Waals surface area contributed by atoms with Crippen molar-refractivity contribution in [3.8, 4) is 11.4 Å². The number of benzene rings is 1. The fourth-order valence-corrected chi connectivity index (χ4v) is 3.66. The Labute approximate surface area is 186 Å². The summed E-state index contributed by atoms with van der Waals surface area (Å²) < 4.78 is 13.1. The van der Waals surface area contributed by atoms with E-state index in [1.54, 1.807) is 0 Å². The molecule has 0 saturated carbocycles. The molecule has 1 saturated heterocycles. The summed E-state index contributed by atoms with van der Waals surface area (Å²) in [5, 5.41) is 6.70. The molecule has 5 rings (SSSR count). The minimum absolute atomic E-state index is 0.173. The number of carbonyl (C=O) groups is 1. The maximum atomic E-state index is 10.6. The number of nitrogens with one attached hydrogen (secondary N) is 1. The highest BCUT2D eigenvalue weighted by molar-refractivity contribution is 5.76. The molecular weight excluding hydrogens is 406 g/mol. The Bertz CT molecular complexity index is 1180. The topological polar surface area (TPSA) is 94.5 Å². The number of fused-ring (bicyclic) bond motifs is 1. The molecule has 8 heteroatoms. The first-order chi connectivity index (χ1) is 15.6. The molecular formula is C24H27N5O3. The van der Waals surface area contributed by atoms with E-state index >= 15 is 0 Å². The van der Waals surface area contributed by atoms with Crippen molar-refractivity contribution in [1.82, 2.24) is 19.5 Å². The van der Waals surface area contributed by atoms with Gasteiger partial charge in [0.1, 0.15) is 5.65 Å². The minimum Gasteiger partial charge on any atom is -0.378 e. The third kappa shape index (κ3) is 5.20. The van der Waals surface area contributed by atoms with Gasteiger partial charge in [0.15, 0.2) is 0 Å². The van der Waals surface area contributed by atoms with Crippen LogP contribution in [0.5, 0.6) is 0 Å². The molecule has 8 nitrogen and oxygen atoms in total. The average Bonchev–Trinajstić information content (AvgIpc) is 3.44. The molecule has 1 aliphatic heterocycles. The van der Waals surface area contributed by atoms with Crippen LogP contribution in [0, 0.1) is 13.8 Å². The number of hydrogen-bond acceptors (Lipinski definition) is 6. The van der Waals surface area contributed by atoms with Crippen molar-refractivity contribution in [2.45, 2.75) is 45.6 Å². The number of aromatic nitrogens is 4. The first kappa shape index (κ1) is 21.7. The zero-order valence-electron chi connectivity index (χ0n) is 18.3. The Morgan fingerprint density at radius 3 is 2.91 bits per heavy atom. The Kier molecular flexibility index (Phi) is 6.91. The first-order valence-electron chi connectivity index (χ1n) is 10.8. The van der Waals surface area contributed by atoms with E-state index < -0.39 is 0 Å². The number of pyridine rings is 1. The van der Waals surface area contributed by atoms with Crippen LogP contribution in [0.15, 0.2) is 53.3 Å². The lowest BCUT2D eigenvalue weighted by Crippen LogP contribution is -2.21. The lowest BCUT2D eigenvalue weighted by Gasteiger charge is -2.20. The van der Waals surface area contributed by atoms with Gasteiger partial charge in [-0.15, -0.1) is 0 Å². The summed E-state index contributed by atoms with van der Waals surface area (Å²) in [5.74, 6) is 1.12. The van der Waals surface area contributed by atoms with Crippen LogP contribution in [0.1, 0.15) is 36.4 Å². The second-order valence-electron chi connectivity index (χ2n) is 7.82. The SMILES string of the molecule is Cc1ccc(-c2noc(CC3CCCCO3)n2)cc1NC=O.Cc1cnc2ccccn12. The zero-order chi connectivity index (χ0) is 22.3. The second-order valence-corrected chi connectivity index (χ2v) is 7.82. The summed E-state index contributed by atoms with van der Waals surface area (Å²) in [6.45, 7) is 4.78. The Balaban J connectivity index is 0.000000203. The molecule has 32 heavy (non-hydrogen) atoms. The maximum Gasteiger partial charge on any atom is 0.229 e. The van der Waals surface area contributed by atoms with Crippen molar-refractivity contribution in [2.75, 3.05) is 11.9 Å². The van der Waals surface area contributed by atoms with Crippen LogP contribution in [0.25, 0.3) is 17.0 Å². The van der Waals surface area contributed by atoms with Gasteiger partial charge in [0.05, 0.1) is 12.5 Å². The van der Waals surface area contributed by atoms with Crippen molar-refractivity contribution in [1.29, 1.82) is 0 Å². The summed E-state index contributed by atoms with van der Waals surface area (Å²) in [4.78, 5) is 19.2. The summed E-state index contributed by atoms with van der Waals surface area (Å²) >= 11 is 0. The van der Waals surface area contributed by atoms with E-state index in [4.69, 9.17) is 9.26 Å². The number of carbonyl (C=O) groups excluding carboxylic acids is 1. The monoisotopic (exact) mass is 433 g/mol. The van der Waals surface area contributed by atoms with E-state index in [0.29, 0.717) is 24.5 Å². The van der Waals surface area contributed by atoms with Crippen molar-refractivity contribution >= 4 is 17.7 Å². The fraction of sp³-hybridized carbons (Fsp3) is 0.333. The van der Waals surface area contributed by atoms with Crippen molar-refractivity contribution in [2.24, 2.45) is 0 Å². The summed E-state index contributed by atoms with van der Waals surface area (Å²) in [6, 6.07) is 11.7. The molecule has 0 spiro atoms. The van der Waals surface area contributed by atoms with Crippen LogP contribution in [0.2, 0.25) is 0 Å². The van der Waals surface area contributed by atoms with Crippen LogP contribution in [-0.4, -0.2) is 38.6 Å². The molecule has 1 amide bonds. The molecule has 0 radical (unpaired) electrons. The van der Waals surface area contributed by atoms with Crippen LogP contribution >= 0.6 is 0 Å². The Morgan fingerprint density at radius 2 is 2.12 bits per heavy atom. The van der Waals surface area contributed by atoms with Gasteiger partial charge >= 0.3 is 0 Å². The van der Waals surface area contributed by atoms with Crippen molar-refractivity contribution < 1.29 is 14.1 Å². The largest absolute Gasteiger partial charge is 0.378 e. The highest BCUT2D eigenvalue weighted by Gasteiger charge is 2.18. The lowest BCUT2D eigenvalue weighted by atomic mass is 10.1. The third-order valence-electron chi connectivity index (χ3n) is 5.46. The van der Waals surface area contributed by atoms with Gasteiger partial charge in [-0.3, -0.25) is 4.79 Å². The number of imidazole rings is 1. The van der Waals surface area contributed by atoms with Gasteiger partial charge in [-0.25, -0.2) is 4.98 Å². The number of rotatable bonds is 5. The van der Waals surface area contributed by atoms with E-state index in [2.05, 4.69) is 24.8 Å². The summed E-state index contributed by atoms with van der Waals surface area (Å²) in [7, 11) is 0.